The van der Waals surface area contributed by atoms with Crippen LogP contribution in [0.3, 0.4) is 0 Å². The monoisotopic (exact) mass is 374 g/mol. The molecule has 0 atom stereocenters. The number of nitrogens with zero attached hydrogens (tertiary/aromatic N) is 2. The summed E-state index contributed by atoms with van der Waals surface area (Å²) < 4.78 is 5.71. The van der Waals surface area contributed by atoms with Gasteiger partial charge in [-0.05, 0) is 73.6 Å². The molecule has 0 fully saturated rings. The van der Waals surface area contributed by atoms with Gasteiger partial charge in [0.25, 0.3) is 0 Å². The molecule has 0 radical (unpaired) electrons. The summed E-state index contributed by atoms with van der Waals surface area (Å²) in [6, 6.07) is 14.6. The summed E-state index contributed by atoms with van der Waals surface area (Å²) in [5, 5.41) is 10.4. The Kier molecular flexibility index (Phi) is 5.05. The summed E-state index contributed by atoms with van der Waals surface area (Å²) in [6.07, 6.45) is 5.67. The van der Waals surface area contributed by atoms with E-state index in [1.807, 2.05) is 38.2 Å². The zero-order valence-corrected chi connectivity index (χ0v) is 16.5. The lowest BCUT2D eigenvalue weighted by Gasteiger charge is -2.17. The minimum absolute atomic E-state index is 0.0439. The van der Waals surface area contributed by atoms with E-state index >= 15 is 0 Å². The Labute approximate surface area is 164 Å². The number of hydrogen-bond donors (Lipinski definition) is 0. The van der Waals surface area contributed by atoms with Gasteiger partial charge in [0, 0.05) is 17.5 Å². The highest BCUT2D eigenvalue weighted by atomic mass is 32.2. The summed E-state index contributed by atoms with van der Waals surface area (Å²) in [5.74, 6) is 1.54. The predicted molar refractivity (Wildman–Crippen MR) is 112 cm³/mol. The minimum atomic E-state index is 0.0439. The third kappa shape index (κ3) is 3.65. The van der Waals surface area contributed by atoms with E-state index < -0.39 is 0 Å². The molecule has 0 N–H and O–H groups in total. The Bertz CT molecular complexity index is 982. The third-order valence-electron chi connectivity index (χ3n) is 4.90. The smallest absolute Gasteiger partial charge is 0.137 e. The molecule has 0 spiro atoms. The fraction of sp³-hybridized carbons (Fsp3) is 0.304. The molecule has 2 aliphatic rings. The molecule has 2 aromatic rings. The summed E-state index contributed by atoms with van der Waals surface area (Å²) >= 11 is 1.74. The van der Waals surface area contributed by atoms with Crippen molar-refractivity contribution in [2.24, 2.45) is 4.99 Å². The van der Waals surface area contributed by atoms with Gasteiger partial charge in [-0.15, -0.1) is 11.8 Å². The third-order valence-corrected chi connectivity index (χ3v) is 5.97. The van der Waals surface area contributed by atoms with Crippen molar-refractivity contribution in [3.8, 4) is 11.8 Å². The van der Waals surface area contributed by atoms with Crippen LogP contribution in [0, 0.1) is 11.3 Å². The molecule has 27 heavy (non-hydrogen) atoms. The molecule has 2 aromatic carbocycles. The van der Waals surface area contributed by atoms with Crippen LogP contribution in [0.25, 0.3) is 5.57 Å². The van der Waals surface area contributed by atoms with Gasteiger partial charge in [-0.25, -0.2) is 4.99 Å². The highest BCUT2D eigenvalue weighted by Crippen LogP contribution is 2.34. The summed E-state index contributed by atoms with van der Waals surface area (Å²) in [7, 11) is 0. The van der Waals surface area contributed by atoms with Crippen molar-refractivity contribution >= 4 is 22.4 Å². The van der Waals surface area contributed by atoms with Gasteiger partial charge in [-0.1, -0.05) is 18.2 Å². The van der Waals surface area contributed by atoms with E-state index in [1.54, 1.807) is 11.8 Å². The zero-order chi connectivity index (χ0) is 18.8. The number of rotatable bonds is 4. The Morgan fingerprint density at radius 2 is 2.07 bits per heavy atom. The lowest BCUT2D eigenvalue weighted by Crippen LogP contribution is -2.08. The second-order valence-electron chi connectivity index (χ2n) is 7.16. The van der Waals surface area contributed by atoms with E-state index in [9.17, 15) is 5.26 Å². The second-order valence-corrected chi connectivity index (χ2v) is 8.13. The maximum atomic E-state index is 9.45. The maximum absolute atomic E-state index is 9.45. The van der Waals surface area contributed by atoms with Gasteiger partial charge in [-0.3, -0.25) is 0 Å². The molecule has 1 heterocycles. The Balaban J connectivity index is 1.62. The van der Waals surface area contributed by atoms with Crippen molar-refractivity contribution < 1.29 is 4.74 Å². The average molecular weight is 375 g/mol. The van der Waals surface area contributed by atoms with Crippen molar-refractivity contribution in [1.82, 2.24) is 0 Å². The zero-order valence-electron chi connectivity index (χ0n) is 15.7. The van der Waals surface area contributed by atoms with Crippen LogP contribution in [-0.4, -0.2) is 16.9 Å². The topological polar surface area (TPSA) is 45.4 Å². The second kappa shape index (κ2) is 7.62. The van der Waals surface area contributed by atoms with Crippen LogP contribution in [0.2, 0.25) is 0 Å². The van der Waals surface area contributed by atoms with E-state index in [2.05, 4.69) is 24.3 Å². The van der Waals surface area contributed by atoms with Crippen molar-refractivity contribution in [3.63, 3.8) is 0 Å². The van der Waals surface area contributed by atoms with Crippen molar-refractivity contribution in [2.45, 2.75) is 39.2 Å². The fourth-order valence-electron chi connectivity index (χ4n) is 3.69. The molecular formula is C23H22N2OS. The van der Waals surface area contributed by atoms with Crippen LogP contribution in [-0.2, 0) is 12.8 Å². The molecule has 0 unspecified atom stereocenters. The minimum Gasteiger partial charge on any atom is -0.490 e. The van der Waals surface area contributed by atoms with Crippen LogP contribution in [0.4, 0.5) is 0 Å². The van der Waals surface area contributed by atoms with Crippen molar-refractivity contribution in [3.05, 3.63) is 70.4 Å². The van der Waals surface area contributed by atoms with Gasteiger partial charge in [-0.2, -0.15) is 5.26 Å². The SMILES string of the molecule is CC(C)Oc1ccc(C2=NC=C(c3cccc4c3CCC4)CS2)cc1C#N. The standard InChI is InChI=1S/C23H22N2OS/c1-15(2)26-22-10-9-17(11-18(22)12-24)23-25-13-19(14-27-23)21-8-4-6-16-5-3-7-20(16)21/h4,6,8-11,13,15H,3,5,7,14H2,1-2H3. The van der Waals surface area contributed by atoms with E-state index in [0.29, 0.717) is 11.3 Å². The number of aryl methyl sites for hydroxylation is 1. The number of nitriles is 1. The first-order valence-electron chi connectivity index (χ1n) is 9.37. The quantitative estimate of drug-likeness (QED) is 0.723. The van der Waals surface area contributed by atoms with Crippen LogP contribution < -0.4 is 4.74 Å². The molecule has 0 saturated carbocycles. The largest absolute Gasteiger partial charge is 0.490 e. The van der Waals surface area contributed by atoms with E-state index in [-0.39, 0.29) is 6.10 Å². The molecule has 0 amide bonds. The van der Waals surface area contributed by atoms with Gasteiger partial charge < -0.3 is 4.74 Å². The van der Waals surface area contributed by atoms with Crippen molar-refractivity contribution in [2.75, 3.05) is 5.75 Å². The number of benzene rings is 2. The highest BCUT2D eigenvalue weighted by molar-refractivity contribution is 8.14. The Hall–Kier alpha value is -2.51. The van der Waals surface area contributed by atoms with Crippen LogP contribution in [0.1, 0.15) is 48.1 Å². The summed E-state index contributed by atoms with van der Waals surface area (Å²) in [5.41, 5.74) is 7.18. The molecule has 0 aromatic heterocycles. The van der Waals surface area contributed by atoms with Gasteiger partial charge in [0.2, 0.25) is 0 Å². The van der Waals surface area contributed by atoms with Crippen molar-refractivity contribution in [1.29, 1.82) is 5.26 Å². The molecule has 0 bridgehead atoms. The lowest BCUT2D eigenvalue weighted by molar-refractivity contribution is 0.241. The molecule has 1 aliphatic carbocycles. The van der Waals surface area contributed by atoms with E-state index in [4.69, 9.17) is 9.73 Å². The van der Waals surface area contributed by atoms with Crippen LogP contribution in [0.15, 0.2) is 47.6 Å². The lowest BCUT2D eigenvalue weighted by atomic mass is 9.98. The van der Waals surface area contributed by atoms with Crippen LogP contribution in [0.5, 0.6) is 5.75 Å². The predicted octanol–water partition coefficient (Wildman–Crippen LogP) is 5.37. The van der Waals surface area contributed by atoms with Gasteiger partial charge in [0.15, 0.2) is 0 Å². The first-order valence-corrected chi connectivity index (χ1v) is 10.4. The molecule has 3 nitrogen and oxygen atoms in total. The molecule has 4 heteroatoms. The number of hydrogen-bond acceptors (Lipinski definition) is 4. The average Bonchev–Trinajstić information content (AvgIpc) is 3.17. The van der Waals surface area contributed by atoms with Gasteiger partial charge >= 0.3 is 0 Å². The summed E-state index contributed by atoms with van der Waals surface area (Å²) in [4.78, 5) is 4.72. The highest BCUT2D eigenvalue weighted by Gasteiger charge is 2.19. The Morgan fingerprint density at radius 3 is 2.81 bits per heavy atom. The van der Waals surface area contributed by atoms with E-state index in [1.165, 1.54) is 41.5 Å². The normalized spacial score (nSPS) is 15.8. The first-order chi connectivity index (χ1) is 13.2. The maximum Gasteiger partial charge on any atom is 0.137 e. The molecular weight excluding hydrogens is 352 g/mol. The number of fused-ring (bicyclic) bond motifs is 1. The number of aliphatic imine (C=N–C) groups is 1. The number of thioether (sulfide) groups is 1. The van der Waals surface area contributed by atoms with Gasteiger partial charge in [0.1, 0.15) is 16.9 Å². The molecule has 0 saturated heterocycles. The van der Waals surface area contributed by atoms with Gasteiger partial charge in [0.05, 0.1) is 11.7 Å². The fourth-order valence-corrected chi connectivity index (χ4v) is 4.63. The Morgan fingerprint density at radius 1 is 1.19 bits per heavy atom. The van der Waals surface area contributed by atoms with E-state index in [0.717, 1.165) is 16.4 Å². The van der Waals surface area contributed by atoms with Crippen LogP contribution >= 0.6 is 11.8 Å². The summed E-state index contributed by atoms with van der Waals surface area (Å²) in [6.45, 7) is 3.92. The first kappa shape index (κ1) is 17.9. The number of ether oxygens (including phenoxy) is 1. The molecule has 1 aliphatic heterocycles. The molecule has 136 valence electrons. The molecule has 4 rings (SSSR count).